The molecule has 0 unspecified atom stereocenters. The van der Waals surface area contributed by atoms with E-state index in [-0.39, 0.29) is 0 Å². The van der Waals surface area contributed by atoms with Gasteiger partial charge in [-0.05, 0) is 50.5 Å². The summed E-state index contributed by atoms with van der Waals surface area (Å²) in [7, 11) is 2.13. The summed E-state index contributed by atoms with van der Waals surface area (Å²) >= 11 is 0. The number of rotatable bonds is 8. The molecule has 0 saturated heterocycles. The third-order valence-corrected chi connectivity index (χ3v) is 4.85. The lowest BCUT2D eigenvalue weighted by Gasteiger charge is -2.24. The maximum atomic E-state index is 4.78. The fourth-order valence-corrected chi connectivity index (χ4v) is 3.40. The average molecular weight is 335 g/mol. The monoisotopic (exact) mass is 335 g/mol. The number of hydrogen-bond acceptors (Lipinski definition) is 2. The number of anilines is 1. The summed E-state index contributed by atoms with van der Waals surface area (Å²) in [5.74, 6) is 1.19. The van der Waals surface area contributed by atoms with Crippen molar-refractivity contribution in [2.75, 3.05) is 18.0 Å². The van der Waals surface area contributed by atoms with Crippen molar-refractivity contribution in [1.29, 1.82) is 0 Å². The van der Waals surface area contributed by atoms with Crippen molar-refractivity contribution >= 4 is 16.7 Å². The van der Waals surface area contributed by atoms with E-state index in [1.54, 1.807) is 0 Å². The normalized spacial score (nSPS) is 11.2. The molecule has 3 rings (SSSR count). The largest absolute Gasteiger partial charge is 0.372 e. The van der Waals surface area contributed by atoms with E-state index in [1.807, 2.05) is 0 Å². The minimum absolute atomic E-state index is 1.04. The highest BCUT2D eigenvalue weighted by molar-refractivity contribution is 5.75. The summed E-state index contributed by atoms with van der Waals surface area (Å²) in [5, 5.41) is 0. The number of hydrogen-bond donors (Lipinski definition) is 0. The molecule has 0 saturated carbocycles. The summed E-state index contributed by atoms with van der Waals surface area (Å²) in [6, 6.07) is 17.3. The fourth-order valence-electron chi connectivity index (χ4n) is 3.40. The van der Waals surface area contributed by atoms with Crippen molar-refractivity contribution in [3.05, 3.63) is 59.9 Å². The van der Waals surface area contributed by atoms with Crippen LogP contribution in [0.4, 0.5) is 5.69 Å². The van der Waals surface area contributed by atoms with E-state index in [1.165, 1.54) is 41.9 Å². The number of para-hydroxylation sites is 2. The van der Waals surface area contributed by atoms with Crippen LogP contribution in [0.2, 0.25) is 0 Å². The third-order valence-electron chi connectivity index (χ3n) is 4.85. The number of imidazole rings is 1. The number of fused-ring (bicyclic) bond motifs is 1. The van der Waals surface area contributed by atoms with Crippen molar-refractivity contribution in [1.82, 2.24) is 9.55 Å². The van der Waals surface area contributed by atoms with Gasteiger partial charge >= 0.3 is 0 Å². The van der Waals surface area contributed by atoms with Crippen LogP contribution in [0, 0.1) is 6.92 Å². The smallest absolute Gasteiger partial charge is 0.109 e. The van der Waals surface area contributed by atoms with E-state index in [9.17, 15) is 0 Å². The zero-order chi connectivity index (χ0) is 17.6. The standard InChI is InChI=1S/C22H29N3/c1-4-16-25(19-14-12-18(2)13-15-19)17-8-7-11-22-23-20-9-5-6-10-21(20)24(22)3/h5-6,9-10,12-15H,4,7-8,11,16-17H2,1-3H3. The molecule has 1 heterocycles. The van der Waals surface area contributed by atoms with Crippen LogP contribution in [0.15, 0.2) is 48.5 Å². The van der Waals surface area contributed by atoms with Crippen LogP contribution in [0.3, 0.4) is 0 Å². The van der Waals surface area contributed by atoms with E-state index in [4.69, 9.17) is 4.98 Å². The van der Waals surface area contributed by atoms with Gasteiger partial charge in [-0.1, -0.05) is 36.8 Å². The zero-order valence-corrected chi connectivity index (χ0v) is 15.7. The highest BCUT2D eigenvalue weighted by Gasteiger charge is 2.08. The summed E-state index contributed by atoms with van der Waals surface area (Å²) < 4.78 is 2.24. The van der Waals surface area contributed by atoms with Gasteiger partial charge in [-0.2, -0.15) is 0 Å². The van der Waals surface area contributed by atoms with Gasteiger partial charge in [0.15, 0.2) is 0 Å². The molecule has 1 aromatic heterocycles. The molecule has 3 aromatic rings. The Kier molecular flexibility index (Phi) is 5.75. The Balaban J connectivity index is 1.56. The second kappa shape index (κ2) is 8.19. The first-order valence-electron chi connectivity index (χ1n) is 9.41. The lowest BCUT2D eigenvalue weighted by Crippen LogP contribution is -2.25. The van der Waals surface area contributed by atoms with Crippen molar-refractivity contribution in [3.63, 3.8) is 0 Å². The van der Waals surface area contributed by atoms with Crippen molar-refractivity contribution in [2.45, 2.75) is 39.5 Å². The Hall–Kier alpha value is -2.29. The predicted molar refractivity (Wildman–Crippen MR) is 107 cm³/mol. The Bertz CT molecular complexity index is 802. The molecule has 0 atom stereocenters. The lowest BCUT2D eigenvalue weighted by molar-refractivity contribution is 0.654. The van der Waals surface area contributed by atoms with Gasteiger partial charge in [0.25, 0.3) is 0 Å². The number of aromatic nitrogens is 2. The Morgan fingerprint density at radius 1 is 0.960 bits per heavy atom. The molecule has 132 valence electrons. The van der Waals surface area contributed by atoms with Crippen LogP contribution in [0.1, 0.15) is 37.6 Å². The summed E-state index contributed by atoms with van der Waals surface area (Å²) in [6.45, 7) is 6.63. The van der Waals surface area contributed by atoms with Crippen LogP contribution in [0.25, 0.3) is 11.0 Å². The minimum atomic E-state index is 1.04. The lowest BCUT2D eigenvalue weighted by atomic mass is 10.1. The number of nitrogens with zero attached hydrogens (tertiary/aromatic N) is 3. The Morgan fingerprint density at radius 2 is 1.72 bits per heavy atom. The third kappa shape index (κ3) is 4.22. The molecule has 0 amide bonds. The first-order chi connectivity index (χ1) is 12.2. The average Bonchev–Trinajstić information content (AvgIpc) is 2.95. The molecule has 0 fully saturated rings. The first kappa shape index (κ1) is 17.5. The van der Waals surface area contributed by atoms with E-state index >= 15 is 0 Å². The molecule has 0 N–H and O–H groups in total. The van der Waals surface area contributed by atoms with E-state index < -0.39 is 0 Å². The highest BCUT2D eigenvalue weighted by Crippen LogP contribution is 2.18. The van der Waals surface area contributed by atoms with Gasteiger partial charge < -0.3 is 9.47 Å². The maximum absolute atomic E-state index is 4.78. The quantitative estimate of drug-likeness (QED) is 0.533. The Morgan fingerprint density at radius 3 is 2.44 bits per heavy atom. The molecule has 0 aliphatic carbocycles. The summed E-state index contributed by atoms with van der Waals surface area (Å²) in [6.07, 6.45) is 4.58. The first-order valence-corrected chi connectivity index (χ1v) is 9.41. The molecule has 0 aliphatic heterocycles. The van der Waals surface area contributed by atoms with Gasteiger partial charge in [0, 0.05) is 32.2 Å². The second-order valence-corrected chi connectivity index (χ2v) is 6.86. The van der Waals surface area contributed by atoms with Gasteiger partial charge in [0.1, 0.15) is 5.82 Å². The maximum Gasteiger partial charge on any atom is 0.109 e. The molecular formula is C22H29N3. The SMILES string of the molecule is CCCN(CCCCc1nc2ccccc2n1C)c1ccc(C)cc1. The summed E-state index contributed by atoms with van der Waals surface area (Å²) in [5.41, 5.74) is 4.99. The van der Waals surface area contributed by atoms with Gasteiger partial charge in [0.05, 0.1) is 11.0 Å². The van der Waals surface area contributed by atoms with Gasteiger partial charge in [-0.25, -0.2) is 4.98 Å². The second-order valence-electron chi connectivity index (χ2n) is 6.86. The van der Waals surface area contributed by atoms with Crippen molar-refractivity contribution < 1.29 is 0 Å². The molecule has 2 aromatic carbocycles. The van der Waals surface area contributed by atoms with E-state index in [0.29, 0.717) is 0 Å². The van der Waals surface area contributed by atoms with Gasteiger partial charge in [0.2, 0.25) is 0 Å². The molecular weight excluding hydrogens is 306 g/mol. The molecule has 0 aliphatic rings. The fraction of sp³-hybridized carbons (Fsp3) is 0.409. The number of aryl methyl sites for hydroxylation is 3. The molecule has 3 nitrogen and oxygen atoms in total. The zero-order valence-electron chi connectivity index (χ0n) is 15.7. The van der Waals surface area contributed by atoms with Crippen LogP contribution in [0.5, 0.6) is 0 Å². The van der Waals surface area contributed by atoms with Crippen LogP contribution < -0.4 is 4.90 Å². The molecule has 3 heteroatoms. The van der Waals surface area contributed by atoms with Crippen molar-refractivity contribution in [2.24, 2.45) is 7.05 Å². The minimum Gasteiger partial charge on any atom is -0.372 e. The van der Waals surface area contributed by atoms with Gasteiger partial charge in [-0.15, -0.1) is 0 Å². The number of benzene rings is 2. The van der Waals surface area contributed by atoms with E-state index in [0.717, 1.165) is 25.0 Å². The highest BCUT2D eigenvalue weighted by atomic mass is 15.1. The summed E-state index contributed by atoms with van der Waals surface area (Å²) in [4.78, 5) is 7.29. The molecule has 25 heavy (non-hydrogen) atoms. The van der Waals surface area contributed by atoms with Gasteiger partial charge in [-0.3, -0.25) is 0 Å². The topological polar surface area (TPSA) is 21.1 Å². The van der Waals surface area contributed by atoms with Crippen molar-refractivity contribution in [3.8, 4) is 0 Å². The molecule has 0 radical (unpaired) electrons. The number of unbranched alkanes of at least 4 members (excludes halogenated alkanes) is 1. The van der Waals surface area contributed by atoms with Crippen LogP contribution in [-0.2, 0) is 13.5 Å². The van der Waals surface area contributed by atoms with Crippen LogP contribution in [-0.4, -0.2) is 22.6 Å². The van der Waals surface area contributed by atoms with Crippen LogP contribution >= 0.6 is 0 Å². The molecule has 0 bridgehead atoms. The predicted octanol–water partition coefficient (Wildman–Crippen LogP) is 5.12. The Labute approximate surface area is 151 Å². The van der Waals surface area contributed by atoms with E-state index in [2.05, 4.69) is 78.9 Å². The molecule has 0 spiro atoms.